The van der Waals surface area contributed by atoms with Gasteiger partial charge in [0.05, 0.1) is 25.3 Å². The van der Waals surface area contributed by atoms with Gasteiger partial charge >= 0.3 is 0 Å². The monoisotopic (exact) mass is 497 g/mol. The molecule has 36 heavy (non-hydrogen) atoms. The van der Waals surface area contributed by atoms with Crippen molar-refractivity contribution < 1.29 is 23.5 Å². The molecular weight excluding hydrogens is 465 g/mol. The molecule has 1 aromatic carbocycles. The second-order valence-corrected chi connectivity index (χ2v) is 9.96. The number of carbonyl (C=O) groups excluding carboxylic acids is 2. The lowest BCUT2D eigenvalue weighted by Crippen LogP contribution is -2.47. The van der Waals surface area contributed by atoms with Crippen LogP contribution in [0.2, 0.25) is 0 Å². The lowest BCUT2D eigenvalue weighted by molar-refractivity contribution is -0.0797. The third-order valence-corrected chi connectivity index (χ3v) is 7.37. The van der Waals surface area contributed by atoms with Gasteiger partial charge in [-0.1, -0.05) is 44.7 Å². The van der Waals surface area contributed by atoms with E-state index in [1.807, 2.05) is 6.92 Å². The van der Waals surface area contributed by atoms with E-state index in [0.29, 0.717) is 25.1 Å². The minimum atomic E-state index is -0.603. The molecule has 1 spiro atoms. The van der Waals surface area contributed by atoms with Crippen LogP contribution in [0.15, 0.2) is 35.3 Å². The van der Waals surface area contributed by atoms with Gasteiger partial charge in [0.2, 0.25) is 5.43 Å². The van der Waals surface area contributed by atoms with Gasteiger partial charge in [0.1, 0.15) is 11.4 Å². The van der Waals surface area contributed by atoms with Crippen molar-refractivity contribution in [2.45, 2.75) is 76.8 Å². The molecule has 5 rings (SSSR count). The van der Waals surface area contributed by atoms with Crippen LogP contribution < -0.4 is 15.5 Å². The van der Waals surface area contributed by atoms with Gasteiger partial charge in [-0.25, -0.2) is 4.39 Å². The van der Waals surface area contributed by atoms with Gasteiger partial charge in [0, 0.05) is 12.7 Å². The summed E-state index contributed by atoms with van der Waals surface area (Å²) in [5.74, 6) is -1.32. The highest BCUT2D eigenvalue weighted by Gasteiger charge is 2.50. The van der Waals surface area contributed by atoms with E-state index in [1.165, 1.54) is 24.8 Å². The van der Waals surface area contributed by atoms with E-state index in [2.05, 4.69) is 5.32 Å². The van der Waals surface area contributed by atoms with Crippen molar-refractivity contribution in [2.75, 3.05) is 13.2 Å². The molecule has 2 aromatic rings. The van der Waals surface area contributed by atoms with E-state index in [9.17, 15) is 18.8 Å². The molecule has 2 aliphatic heterocycles. The van der Waals surface area contributed by atoms with Crippen LogP contribution in [0, 0.1) is 5.82 Å². The third-order valence-electron chi connectivity index (χ3n) is 7.37. The van der Waals surface area contributed by atoms with Gasteiger partial charge in [-0.2, -0.15) is 0 Å². The molecule has 1 atom stereocenters. The number of amides is 2. The number of unbranched alkanes of at least 4 members (excludes halogenated alkanes) is 1. The van der Waals surface area contributed by atoms with Gasteiger partial charge < -0.3 is 24.3 Å². The fourth-order valence-electron chi connectivity index (χ4n) is 5.41. The molecule has 3 heterocycles. The Morgan fingerprint density at radius 1 is 1.19 bits per heavy atom. The van der Waals surface area contributed by atoms with Crippen LogP contribution in [0.3, 0.4) is 0 Å². The van der Waals surface area contributed by atoms with Gasteiger partial charge in [-0.3, -0.25) is 14.4 Å². The summed E-state index contributed by atoms with van der Waals surface area (Å²) < 4.78 is 27.1. The van der Waals surface area contributed by atoms with Gasteiger partial charge in [-0.15, -0.1) is 0 Å². The first-order valence-electron chi connectivity index (χ1n) is 12.8. The summed E-state index contributed by atoms with van der Waals surface area (Å²) in [4.78, 5) is 41.8. The Labute approximate surface area is 209 Å². The van der Waals surface area contributed by atoms with Crippen molar-refractivity contribution in [1.29, 1.82) is 0 Å². The van der Waals surface area contributed by atoms with E-state index in [1.54, 1.807) is 21.6 Å². The number of pyridine rings is 1. The highest BCUT2D eigenvalue weighted by atomic mass is 19.1. The smallest absolute Gasteiger partial charge is 0.276 e. The number of benzene rings is 1. The Balaban J connectivity index is 1.45. The molecule has 1 N–H and O–H groups in total. The van der Waals surface area contributed by atoms with Gasteiger partial charge in [0.15, 0.2) is 17.7 Å². The number of rotatable bonds is 7. The van der Waals surface area contributed by atoms with E-state index in [0.717, 1.165) is 32.1 Å². The lowest BCUT2D eigenvalue weighted by Gasteiger charge is -2.32. The molecule has 0 radical (unpaired) electrons. The van der Waals surface area contributed by atoms with Crippen molar-refractivity contribution in [2.24, 2.45) is 0 Å². The molecule has 2 fully saturated rings. The van der Waals surface area contributed by atoms with Crippen LogP contribution in [-0.4, -0.2) is 46.3 Å². The molecule has 3 aliphatic rings. The number of carbonyl (C=O) groups is 2. The topological polar surface area (TPSA) is 89.9 Å². The summed E-state index contributed by atoms with van der Waals surface area (Å²) in [5.41, 5.74) is -0.156. The molecule has 1 aromatic heterocycles. The van der Waals surface area contributed by atoms with Crippen molar-refractivity contribution >= 4 is 11.8 Å². The van der Waals surface area contributed by atoms with Crippen LogP contribution in [0.4, 0.5) is 4.39 Å². The summed E-state index contributed by atoms with van der Waals surface area (Å²) in [6, 6.07) is 5.76. The van der Waals surface area contributed by atoms with Gasteiger partial charge in [0.25, 0.3) is 11.8 Å². The first kappa shape index (κ1) is 24.5. The fourth-order valence-corrected chi connectivity index (χ4v) is 5.41. The normalized spacial score (nSPS) is 20.2. The van der Waals surface area contributed by atoms with E-state index < -0.39 is 17.6 Å². The maximum Gasteiger partial charge on any atom is 0.276 e. The third kappa shape index (κ3) is 4.64. The Hall–Kier alpha value is -3.20. The average Bonchev–Trinajstić information content (AvgIpc) is 3.22. The zero-order chi connectivity index (χ0) is 25.3. The van der Waals surface area contributed by atoms with Crippen molar-refractivity contribution in [3.8, 4) is 5.75 Å². The fraction of sp³-hybridized carbons (Fsp3) is 0.519. The number of ether oxygens (including phenoxy) is 2. The van der Waals surface area contributed by atoms with Crippen LogP contribution in [0.25, 0.3) is 0 Å². The maximum atomic E-state index is 13.6. The van der Waals surface area contributed by atoms with Crippen LogP contribution in [0.1, 0.15) is 78.3 Å². The van der Waals surface area contributed by atoms with E-state index in [-0.39, 0.29) is 47.5 Å². The second-order valence-electron chi connectivity index (χ2n) is 9.96. The number of nitrogens with zero attached hydrogens (tertiary/aromatic N) is 2. The molecule has 9 heteroatoms. The Kier molecular flexibility index (Phi) is 6.83. The SMILES string of the molecule is CCCCOc1c2n(cc(C(=O)NCc3ccc(F)cc3)c1=O)CC1OC3(CCCCC3)CN1C2=O. The zero-order valence-electron chi connectivity index (χ0n) is 20.6. The molecule has 1 aliphatic carbocycles. The molecule has 192 valence electrons. The molecular formula is C27H32FN3O5. The Morgan fingerprint density at radius 2 is 1.94 bits per heavy atom. The van der Waals surface area contributed by atoms with Crippen LogP contribution in [-0.2, 0) is 17.8 Å². The molecule has 1 unspecified atom stereocenters. The summed E-state index contributed by atoms with van der Waals surface area (Å²) in [5, 5.41) is 2.72. The minimum Gasteiger partial charge on any atom is -0.487 e. The first-order chi connectivity index (χ1) is 17.4. The average molecular weight is 498 g/mol. The molecule has 2 amide bonds. The highest BCUT2D eigenvalue weighted by molar-refractivity contribution is 5.99. The van der Waals surface area contributed by atoms with Crippen molar-refractivity contribution in [3.05, 3.63) is 63.3 Å². The summed E-state index contributed by atoms with van der Waals surface area (Å²) in [7, 11) is 0. The maximum absolute atomic E-state index is 13.6. The van der Waals surface area contributed by atoms with E-state index >= 15 is 0 Å². The second kappa shape index (κ2) is 10.0. The van der Waals surface area contributed by atoms with Crippen molar-refractivity contribution in [1.82, 2.24) is 14.8 Å². The number of fused-ring (bicyclic) bond motifs is 2. The standard InChI is InChI=1S/C27H32FN3O5/c1-2-3-13-35-24-22-26(34)31-17-27(11-5-4-6-12-27)36-21(31)16-30(22)15-20(23(24)32)25(33)29-14-18-7-9-19(28)10-8-18/h7-10,15,21H,2-6,11-14,16-17H2,1H3,(H,29,33). The Morgan fingerprint density at radius 3 is 2.67 bits per heavy atom. The number of hydrogen-bond acceptors (Lipinski definition) is 5. The number of hydrogen-bond donors (Lipinski definition) is 1. The molecule has 1 saturated carbocycles. The van der Waals surface area contributed by atoms with Gasteiger partial charge in [-0.05, 0) is 37.0 Å². The molecule has 1 saturated heterocycles. The number of aromatic nitrogens is 1. The molecule has 8 nitrogen and oxygen atoms in total. The minimum absolute atomic E-state index is 0.0778. The predicted molar refractivity (Wildman–Crippen MR) is 130 cm³/mol. The van der Waals surface area contributed by atoms with Crippen LogP contribution in [0.5, 0.6) is 5.75 Å². The summed E-state index contributed by atoms with van der Waals surface area (Å²) in [6.45, 7) is 3.25. The quantitative estimate of drug-likeness (QED) is 0.591. The number of nitrogens with one attached hydrogen (secondary N) is 1. The largest absolute Gasteiger partial charge is 0.487 e. The zero-order valence-corrected chi connectivity index (χ0v) is 20.6. The highest BCUT2D eigenvalue weighted by Crippen LogP contribution is 2.41. The van der Waals surface area contributed by atoms with Crippen LogP contribution >= 0.6 is 0 Å². The number of halogens is 1. The predicted octanol–water partition coefficient (Wildman–Crippen LogP) is 3.61. The summed E-state index contributed by atoms with van der Waals surface area (Å²) >= 11 is 0. The van der Waals surface area contributed by atoms with E-state index in [4.69, 9.17) is 9.47 Å². The first-order valence-corrected chi connectivity index (χ1v) is 12.8. The summed E-state index contributed by atoms with van der Waals surface area (Å²) in [6.07, 6.45) is 7.72. The Bertz CT molecular complexity index is 1200. The molecule has 0 bridgehead atoms. The van der Waals surface area contributed by atoms with Crippen molar-refractivity contribution in [3.63, 3.8) is 0 Å². The lowest BCUT2D eigenvalue weighted by atomic mass is 9.85.